The van der Waals surface area contributed by atoms with Crippen molar-refractivity contribution in [2.24, 2.45) is 0 Å². The molecule has 0 aliphatic heterocycles. The van der Waals surface area contributed by atoms with Gasteiger partial charge >= 0.3 is 0 Å². The lowest BCUT2D eigenvalue weighted by Crippen LogP contribution is -2.47. The van der Waals surface area contributed by atoms with E-state index in [1.54, 1.807) is 19.2 Å². The number of phenols is 1. The summed E-state index contributed by atoms with van der Waals surface area (Å²) in [6.07, 6.45) is 6.85. The lowest BCUT2D eigenvalue weighted by Gasteiger charge is -2.29. The predicted octanol–water partition coefficient (Wildman–Crippen LogP) is 3.34. The number of nitrogens with one attached hydrogen (secondary N) is 1. The van der Waals surface area contributed by atoms with Crippen LogP contribution in [0.25, 0.3) is 0 Å². The zero-order chi connectivity index (χ0) is 17.1. The van der Waals surface area contributed by atoms with Gasteiger partial charge < -0.3 is 10.4 Å². The highest BCUT2D eigenvalue weighted by molar-refractivity contribution is 5.81. The molecule has 0 bridgehead atoms. The molecule has 0 aliphatic rings. The third-order valence-corrected chi connectivity index (χ3v) is 4.31. The first-order chi connectivity index (χ1) is 11.1. The summed E-state index contributed by atoms with van der Waals surface area (Å²) >= 11 is 0. The molecule has 0 radical (unpaired) electrons. The van der Waals surface area contributed by atoms with Crippen molar-refractivity contribution in [2.45, 2.75) is 58.4 Å². The van der Waals surface area contributed by atoms with Gasteiger partial charge in [-0.15, -0.1) is 0 Å². The van der Waals surface area contributed by atoms with E-state index in [2.05, 4.69) is 24.1 Å². The van der Waals surface area contributed by atoms with E-state index < -0.39 is 0 Å². The number of aromatic hydroxyl groups is 1. The average Bonchev–Trinajstić information content (AvgIpc) is 2.57. The summed E-state index contributed by atoms with van der Waals surface area (Å²) in [6, 6.07) is 6.98. The normalized spacial score (nSPS) is 12.3. The third-order valence-electron chi connectivity index (χ3n) is 4.31. The Morgan fingerprint density at radius 2 is 1.78 bits per heavy atom. The van der Waals surface area contributed by atoms with Crippen LogP contribution in [0, 0.1) is 0 Å². The molecule has 2 N–H and O–H groups in total. The first kappa shape index (κ1) is 19.5. The van der Waals surface area contributed by atoms with Crippen LogP contribution >= 0.6 is 0 Å². The van der Waals surface area contributed by atoms with Crippen molar-refractivity contribution in [3.8, 4) is 5.75 Å². The number of rotatable bonds is 11. The van der Waals surface area contributed by atoms with E-state index in [1.807, 2.05) is 12.1 Å². The SMILES string of the molecule is CCCCCCCN(CC)[C@@H](Cc1ccc(O)cc1)C(=O)NC. The largest absolute Gasteiger partial charge is 0.508 e. The molecule has 1 atom stereocenters. The Kier molecular flexibility index (Phi) is 9.37. The van der Waals surface area contributed by atoms with E-state index in [0.29, 0.717) is 6.42 Å². The number of amides is 1. The molecule has 1 rings (SSSR count). The van der Waals surface area contributed by atoms with Crippen LogP contribution in [-0.2, 0) is 11.2 Å². The molecule has 130 valence electrons. The highest BCUT2D eigenvalue weighted by Gasteiger charge is 2.24. The molecular formula is C19H32N2O2. The van der Waals surface area contributed by atoms with Gasteiger partial charge in [0.2, 0.25) is 5.91 Å². The fourth-order valence-electron chi connectivity index (χ4n) is 2.86. The molecule has 0 aromatic heterocycles. The van der Waals surface area contributed by atoms with E-state index in [0.717, 1.165) is 25.1 Å². The van der Waals surface area contributed by atoms with E-state index in [4.69, 9.17) is 0 Å². The molecule has 0 unspecified atom stereocenters. The topological polar surface area (TPSA) is 52.6 Å². The molecule has 0 saturated heterocycles. The maximum absolute atomic E-state index is 12.3. The molecule has 1 aromatic rings. The smallest absolute Gasteiger partial charge is 0.237 e. The van der Waals surface area contributed by atoms with Gasteiger partial charge in [0, 0.05) is 7.05 Å². The van der Waals surface area contributed by atoms with E-state index in [1.165, 1.54) is 25.7 Å². The first-order valence-electron chi connectivity index (χ1n) is 8.85. The summed E-state index contributed by atoms with van der Waals surface area (Å²) in [5.74, 6) is 0.321. The van der Waals surface area contributed by atoms with Crippen molar-refractivity contribution in [2.75, 3.05) is 20.1 Å². The van der Waals surface area contributed by atoms with Gasteiger partial charge in [0.05, 0.1) is 6.04 Å². The van der Waals surface area contributed by atoms with Gasteiger partial charge in [-0.2, -0.15) is 0 Å². The third kappa shape index (κ3) is 7.04. The lowest BCUT2D eigenvalue weighted by molar-refractivity contribution is -0.126. The van der Waals surface area contributed by atoms with Crippen LogP contribution in [-0.4, -0.2) is 42.1 Å². The quantitative estimate of drug-likeness (QED) is 0.615. The van der Waals surface area contributed by atoms with Crippen molar-refractivity contribution >= 4 is 5.91 Å². The summed E-state index contributed by atoms with van der Waals surface area (Å²) in [6.45, 7) is 6.15. The van der Waals surface area contributed by atoms with Crippen LogP contribution < -0.4 is 5.32 Å². The number of unbranched alkanes of at least 4 members (excludes halogenated alkanes) is 4. The Labute approximate surface area is 140 Å². The van der Waals surface area contributed by atoms with Gasteiger partial charge in [0.25, 0.3) is 0 Å². The number of likely N-dealkylation sites (N-methyl/N-ethyl adjacent to an activating group) is 2. The average molecular weight is 320 g/mol. The zero-order valence-electron chi connectivity index (χ0n) is 14.8. The highest BCUT2D eigenvalue weighted by atomic mass is 16.3. The molecule has 4 nitrogen and oxygen atoms in total. The van der Waals surface area contributed by atoms with Gasteiger partial charge in [-0.25, -0.2) is 0 Å². The van der Waals surface area contributed by atoms with Gasteiger partial charge in [-0.05, 0) is 43.6 Å². The summed E-state index contributed by atoms with van der Waals surface area (Å²) in [5, 5.41) is 12.2. The summed E-state index contributed by atoms with van der Waals surface area (Å²) in [7, 11) is 1.70. The number of carbonyl (C=O) groups excluding carboxylic acids is 1. The van der Waals surface area contributed by atoms with Crippen LogP contribution in [0.1, 0.15) is 51.5 Å². The number of nitrogens with zero attached hydrogens (tertiary/aromatic N) is 1. The highest BCUT2D eigenvalue weighted by Crippen LogP contribution is 2.15. The maximum Gasteiger partial charge on any atom is 0.237 e. The molecular weight excluding hydrogens is 288 g/mol. The maximum atomic E-state index is 12.3. The van der Waals surface area contributed by atoms with Crippen molar-refractivity contribution < 1.29 is 9.90 Å². The van der Waals surface area contributed by atoms with E-state index in [9.17, 15) is 9.90 Å². The molecule has 0 heterocycles. The Hall–Kier alpha value is -1.55. The minimum Gasteiger partial charge on any atom is -0.508 e. The predicted molar refractivity (Wildman–Crippen MR) is 95.7 cm³/mol. The van der Waals surface area contributed by atoms with Gasteiger partial charge in [-0.1, -0.05) is 51.7 Å². The Morgan fingerprint density at radius 1 is 1.13 bits per heavy atom. The van der Waals surface area contributed by atoms with E-state index >= 15 is 0 Å². The van der Waals surface area contributed by atoms with Gasteiger partial charge in [0.15, 0.2) is 0 Å². The zero-order valence-corrected chi connectivity index (χ0v) is 14.8. The molecule has 0 saturated carbocycles. The van der Waals surface area contributed by atoms with Crippen LogP contribution in [0.4, 0.5) is 0 Å². The second-order valence-electron chi connectivity index (χ2n) is 6.04. The second-order valence-corrected chi connectivity index (χ2v) is 6.04. The Bertz CT molecular complexity index is 445. The molecule has 0 fully saturated rings. The molecule has 23 heavy (non-hydrogen) atoms. The fourth-order valence-corrected chi connectivity index (χ4v) is 2.86. The lowest BCUT2D eigenvalue weighted by atomic mass is 10.0. The summed E-state index contributed by atoms with van der Waals surface area (Å²) in [4.78, 5) is 14.6. The van der Waals surface area contributed by atoms with Crippen LogP contribution in [0.2, 0.25) is 0 Å². The minimum atomic E-state index is -0.152. The minimum absolute atomic E-state index is 0.0634. The molecule has 0 spiro atoms. The number of benzene rings is 1. The van der Waals surface area contributed by atoms with Crippen molar-refractivity contribution in [1.82, 2.24) is 10.2 Å². The van der Waals surface area contributed by atoms with Crippen LogP contribution in [0.15, 0.2) is 24.3 Å². The Balaban J connectivity index is 2.65. The number of carbonyl (C=O) groups is 1. The van der Waals surface area contributed by atoms with Gasteiger partial charge in [-0.3, -0.25) is 9.69 Å². The van der Waals surface area contributed by atoms with Crippen molar-refractivity contribution in [3.05, 3.63) is 29.8 Å². The Morgan fingerprint density at radius 3 is 2.35 bits per heavy atom. The van der Waals surface area contributed by atoms with Crippen LogP contribution in [0.3, 0.4) is 0 Å². The molecule has 1 aromatic carbocycles. The van der Waals surface area contributed by atoms with Crippen molar-refractivity contribution in [1.29, 1.82) is 0 Å². The molecule has 0 aliphatic carbocycles. The molecule has 4 heteroatoms. The molecule has 1 amide bonds. The fraction of sp³-hybridized carbons (Fsp3) is 0.632. The van der Waals surface area contributed by atoms with Crippen LogP contribution in [0.5, 0.6) is 5.75 Å². The van der Waals surface area contributed by atoms with Gasteiger partial charge in [0.1, 0.15) is 5.75 Å². The van der Waals surface area contributed by atoms with E-state index in [-0.39, 0.29) is 17.7 Å². The van der Waals surface area contributed by atoms with Crippen molar-refractivity contribution in [3.63, 3.8) is 0 Å². The first-order valence-corrected chi connectivity index (χ1v) is 8.85. The second kappa shape index (κ2) is 11.1. The standard InChI is InChI=1S/C19H32N2O2/c1-4-6-7-8-9-14-21(5-2)18(19(23)20-3)15-16-10-12-17(22)13-11-16/h10-13,18,22H,4-9,14-15H2,1-3H3,(H,20,23)/t18-/m0/s1. The summed E-state index contributed by atoms with van der Waals surface area (Å²) in [5.41, 5.74) is 1.07. The number of hydrogen-bond donors (Lipinski definition) is 2. The monoisotopic (exact) mass is 320 g/mol. The summed E-state index contributed by atoms with van der Waals surface area (Å²) < 4.78 is 0. The number of phenolic OH excluding ortho intramolecular Hbond substituents is 1. The number of hydrogen-bond acceptors (Lipinski definition) is 3.